The van der Waals surface area contributed by atoms with Crippen molar-refractivity contribution in [2.45, 2.75) is 31.2 Å². The van der Waals surface area contributed by atoms with Gasteiger partial charge in [-0.25, -0.2) is 8.42 Å². The lowest BCUT2D eigenvalue weighted by Gasteiger charge is -2.36. The molecule has 0 aliphatic carbocycles. The van der Waals surface area contributed by atoms with Crippen molar-refractivity contribution in [1.82, 2.24) is 9.21 Å². The molecule has 1 N–H and O–H groups in total. The molecule has 1 unspecified atom stereocenters. The van der Waals surface area contributed by atoms with Gasteiger partial charge in [0.15, 0.2) is 0 Å². The fraction of sp³-hybridized carbons (Fsp3) is 0.381. The predicted octanol–water partition coefficient (Wildman–Crippen LogP) is 2.58. The van der Waals surface area contributed by atoms with Crippen molar-refractivity contribution in [3.05, 3.63) is 60.2 Å². The summed E-state index contributed by atoms with van der Waals surface area (Å²) in [6, 6.07) is 16.0. The van der Waals surface area contributed by atoms with Crippen molar-refractivity contribution in [3.8, 4) is 0 Å². The van der Waals surface area contributed by atoms with Crippen molar-refractivity contribution in [2.75, 3.05) is 31.5 Å². The zero-order chi connectivity index (χ0) is 20.1. The highest BCUT2D eigenvalue weighted by molar-refractivity contribution is 7.89. The van der Waals surface area contributed by atoms with E-state index in [1.807, 2.05) is 36.1 Å². The molecular weight excluding hydrogens is 374 g/mol. The van der Waals surface area contributed by atoms with Crippen LogP contribution in [0.1, 0.15) is 19.4 Å². The molecule has 1 heterocycles. The van der Waals surface area contributed by atoms with E-state index in [1.165, 1.54) is 9.87 Å². The van der Waals surface area contributed by atoms with Gasteiger partial charge in [0.05, 0.1) is 10.9 Å². The number of carbonyl (C=O) groups excluding carboxylic acids is 1. The summed E-state index contributed by atoms with van der Waals surface area (Å²) in [5.41, 5.74) is 2.00. The minimum absolute atomic E-state index is 0.0800. The summed E-state index contributed by atoms with van der Waals surface area (Å²) in [7, 11) is -3.48. The lowest BCUT2D eigenvalue weighted by Crippen LogP contribution is -2.53. The van der Waals surface area contributed by atoms with Crippen molar-refractivity contribution in [2.24, 2.45) is 0 Å². The molecule has 0 saturated carbocycles. The second-order valence-electron chi connectivity index (χ2n) is 6.97. The van der Waals surface area contributed by atoms with Crippen LogP contribution >= 0.6 is 0 Å². The van der Waals surface area contributed by atoms with Crippen LogP contribution in [-0.2, 0) is 21.2 Å². The number of hydrogen-bond donors (Lipinski definition) is 1. The minimum atomic E-state index is -3.48. The summed E-state index contributed by atoms with van der Waals surface area (Å²) in [4.78, 5) is 14.9. The van der Waals surface area contributed by atoms with Crippen LogP contribution in [0.4, 0.5) is 5.69 Å². The average Bonchev–Trinajstić information content (AvgIpc) is 2.74. The minimum Gasteiger partial charge on any atom is -0.325 e. The number of carbonyl (C=O) groups is 1. The van der Waals surface area contributed by atoms with Crippen LogP contribution in [0.5, 0.6) is 0 Å². The van der Waals surface area contributed by atoms with E-state index in [0.717, 1.165) is 12.1 Å². The third kappa shape index (κ3) is 4.60. The molecule has 1 amide bonds. The zero-order valence-electron chi connectivity index (χ0n) is 16.3. The Morgan fingerprint density at radius 1 is 1.00 bits per heavy atom. The van der Waals surface area contributed by atoms with Crippen LogP contribution in [0.2, 0.25) is 0 Å². The van der Waals surface area contributed by atoms with E-state index in [-0.39, 0.29) is 11.9 Å². The lowest BCUT2D eigenvalue weighted by molar-refractivity contribution is -0.121. The second-order valence-corrected chi connectivity index (χ2v) is 8.91. The van der Waals surface area contributed by atoms with E-state index in [1.54, 1.807) is 30.3 Å². The van der Waals surface area contributed by atoms with E-state index < -0.39 is 10.0 Å². The van der Waals surface area contributed by atoms with Crippen molar-refractivity contribution >= 4 is 21.6 Å². The SMILES string of the molecule is CCc1ccc(NC(=O)C(C)N2CCN(S(=O)(=O)c3ccccc3)CC2)cc1. The van der Waals surface area contributed by atoms with Gasteiger partial charge in [0, 0.05) is 31.9 Å². The summed E-state index contributed by atoms with van der Waals surface area (Å²) < 4.78 is 26.9. The first-order valence-electron chi connectivity index (χ1n) is 9.61. The number of rotatable bonds is 6. The van der Waals surface area contributed by atoms with Crippen molar-refractivity contribution in [3.63, 3.8) is 0 Å². The monoisotopic (exact) mass is 401 g/mol. The van der Waals surface area contributed by atoms with Gasteiger partial charge in [-0.3, -0.25) is 9.69 Å². The molecule has 1 atom stereocenters. The molecule has 1 aliphatic heterocycles. The molecule has 1 aliphatic rings. The highest BCUT2D eigenvalue weighted by atomic mass is 32.2. The van der Waals surface area contributed by atoms with Crippen LogP contribution in [0.15, 0.2) is 59.5 Å². The summed E-state index contributed by atoms with van der Waals surface area (Å²) >= 11 is 0. The van der Waals surface area contributed by atoms with Gasteiger partial charge in [0.1, 0.15) is 0 Å². The zero-order valence-corrected chi connectivity index (χ0v) is 17.2. The van der Waals surface area contributed by atoms with E-state index in [9.17, 15) is 13.2 Å². The number of hydrogen-bond acceptors (Lipinski definition) is 4. The van der Waals surface area contributed by atoms with Crippen molar-refractivity contribution < 1.29 is 13.2 Å². The highest BCUT2D eigenvalue weighted by Crippen LogP contribution is 2.18. The van der Waals surface area contributed by atoms with Gasteiger partial charge in [0.25, 0.3) is 0 Å². The highest BCUT2D eigenvalue weighted by Gasteiger charge is 2.31. The quantitative estimate of drug-likeness (QED) is 0.808. The van der Waals surface area contributed by atoms with E-state index in [2.05, 4.69) is 12.2 Å². The number of benzene rings is 2. The molecule has 0 bridgehead atoms. The van der Waals surface area contributed by atoms with E-state index in [0.29, 0.717) is 31.1 Å². The summed E-state index contributed by atoms with van der Waals surface area (Å²) in [5.74, 6) is -0.0800. The van der Waals surface area contributed by atoms with E-state index in [4.69, 9.17) is 0 Å². The Hall–Kier alpha value is -2.22. The Morgan fingerprint density at radius 3 is 2.18 bits per heavy atom. The summed E-state index contributed by atoms with van der Waals surface area (Å²) in [6.45, 7) is 5.75. The Morgan fingerprint density at radius 2 is 1.61 bits per heavy atom. The Labute approximate surface area is 167 Å². The van der Waals surface area contributed by atoms with E-state index >= 15 is 0 Å². The molecular formula is C21H27N3O3S. The maximum atomic E-state index is 12.7. The predicted molar refractivity (Wildman–Crippen MR) is 111 cm³/mol. The van der Waals surface area contributed by atoms with Crippen LogP contribution in [0.25, 0.3) is 0 Å². The molecule has 2 aromatic carbocycles. The summed E-state index contributed by atoms with van der Waals surface area (Å²) in [5, 5.41) is 2.95. The molecule has 0 radical (unpaired) electrons. The van der Waals surface area contributed by atoms with Crippen LogP contribution < -0.4 is 5.32 Å². The van der Waals surface area contributed by atoms with Gasteiger partial charge < -0.3 is 5.32 Å². The summed E-state index contributed by atoms with van der Waals surface area (Å²) in [6.07, 6.45) is 0.959. The molecule has 6 nitrogen and oxygen atoms in total. The number of nitrogens with one attached hydrogen (secondary N) is 1. The van der Waals surface area contributed by atoms with Gasteiger partial charge in [-0.05, 0) is 43.2 Å². The fourth-order valence-electron chi connectivity index (χ4n) is 3.31. The lowest BCUT2D eigenvalue weighted by atomic mass is 10.1. The Balaban J connectivity index is 1.57. The first-order valence-corrected chi connectivity index (χ1v) is 11.0. The van der Waals surface area contributed by atoms with Crippen LogP contribution in [-0.4, -0.2) is 55.8 Å². The first kappa shape index (κ1) is 20.5. The average molecular weight is 402 g/mol. The van der Waals surface area contributed by atoms with Crippen molar-refractivity contribution in [1.29, 1.82) is 0 Å². The van der Waals surface area contributed by atoms with Gasteiger partial charge in [-0.1, -0.05) is 37.3 Å². The number of nitrogens with zero attached hydrogens (tertiary/aromatic N) is 2. The molecule has 0 spiro atoms. The second kappa shape index (κ2) is 8.86. The fourth-order valence-corrected chi connectivity index (χ4v) is 4.75. The third-order valence-electron chi connectivity index (χ3n) is 5.21. The van der Waals surface area contributed by atoms with Gasteiger partial charge in [-0.15, -0.1) is 0 Å². The molecule has 28 heavy (non-hydrogen) atoms. The molecule has 1 fully saturated rings. The molecule has 3 rings (SSSR count). The molecule has 7 heteroatoms. The van der Waals surface area contributed by atoms with Gasteiger partial charge >= 0.3 is 0 Å². The standard InChI is InChI=1S/C21H27N3O3S/c1-3-18-9-11-19(12-10-18)22-21(25)17(2)23-13-15-24(16-14-23)28(26,27)20-7-5-4-6-8-20/h4-12,17H,3,13-16H2,1-2H3,(H,22,25). The van der Waals surface area contributed by atoms with Crippen LogP contribution in [0, 0.1) is 0 Å². The maximum absolute atomic E-state index is 12.7. The largest absolute Gasteiger partial charge is 0.325 e. The number of aryl methyl sites for hydroxylation is 1. The molecule has 150 valence electrons. The Kier molecular flexibility index (Phi) is 6.49. The number of piperazine rings is 1. The Bertz CT molecular complexity index is 890. The molecule has 0 aromatic heterocycles. The molecule has 2 aromatic rings. The first-order chi connectivity index (χ1) is 13.4. The maximum Gasteiger partial charge on any atom is 0.243 e. The smallest absolute Gasteiger partial charge is 0.243 e. The van der Waals surface area contributed by atoms with Gasteiger partial charge in [-0.2, -0.15) is 4.31 Å². The van der Waals surface area contributed by atoms with Crippen LogP contribution in [0.3, 0.4) is 0 Å². The molecule has 1 saturated heterocycles. The number of sulfonamides is 1. The topological polar surface area (TPSA) is 69.7 Å². The number of amides is 1. The van der Waals surface area contributed by atoms with Gasteiger partial charge in [0.2, 0.25) is 15.9 Å². The number of anilines is 1. The third-order valence-corrected chi connectivity index (χ3v) is 7.12. The normalized spacial score (nSPS) is 17.2.